The zero-order chi connectivity index (χ0) is 23.1. The average Bonchev–Trinajstić information content (AvgIpc) is 3.15. The number of nitrogens with one attached hydrogen (secondary N) is 1. The number of nitrogens with zero attached hydrogens (tertiary/aromatic N) is 1. The second-order valence-corrected chi connectivity index (χ2v) is 10.0. The standard InChI is InChI=1S/C24H26N2O5S/c1-15-8-11-21(30-4)19(12-15)24(13-16(2)14-31-24)23(27)26-32(28,29)22-7-5-6-20-18(22)10-9-17(3)25-20/h5-12,16H,13-14H2,1-4H3,(H,26,27)/t16-,24+/m0/s1. The monoisotopic (exact) mass is 454 g/mol. The van der Waals surface area contributed by atoms with E-state index >= 15 is 0 Å². The Balaban J connectivity index is 1.78. The molecule has 8 heteroatoms. The van der Waals surface area contributed by atoms with Gasteiger partial charge in [-0.05, 0) is 62.6 Å². The molecule has 4 rings (SSSR count). The summed E-state index contributed by atoms with van der Waals surface area (Å²) in [6.45, 7) is 6.03. The number of sulfonamides is 1. The summed E-state index contributed by atoms with van der Waals surface area (Å²) in [5, 5.41) is 0.446. The predicted octanol–water partition coefficient (Wildman–Crippen LogP) is 3.62. The molecule has 2 aromatic carbocycles. The number of aryl methyl sites for hydroxylation is 2. The SMILES string of the molecule is COc1ccc(C)cc1[C@@]1(C(=O)NS(=O)(=O)c2cccc3nc(C)ccc23)C[C@H](C)CO1. The summed E-state index contributed by atoms with van der Waals surface area (Å²) >= 11 is 0. The molecule has 1 amide bonds. The maximum atomic E-state index is 13.6. The lowest BCUT2D eigenvalue weighted by molar-refractivity contribution is -0.140. The first-order valence-electron chi connectivity index (χ1n) is 10.4. The smallest absolute Gasteiger partial charge is 0.270 e. The second kappa shape index (κ2) is 8.18. The number of fused-ring (bicyclic) bond motifs is 1. The fourth-order valence-corrected chi connectivity index (χ4v) is 5.46. The first kappa shape index (κ1) is 22.2. The highest BCUT2D eigenvalue weighted by Crippen LogP contribution is 2.44. The highest BCUT2D eigenvalue weighted by molar-refractivity contribution is 7.90. The van der Waals surface area contributed by atoms with Crippen molar-refractivity contribution in [3.63, 3.8) is 0 Å². The molecule has 7 nitrogen and oxygen atoms in total. The molecule has 168 valence electrons. The van der Waals surface area contributed by atoms with Gasteiger partial charge in [0.05, 0.1) is 24.1 Å². The van der Waals surface area contributed by atoms with Gasteiger partial charge in [-0.15, -0.1) is 0 Å². The van der Waals surface area contributed by atoms with E-state index in [0.717, 1.165) is 11.3 Å². The van der Waals surface area contributed by atoms with Crippen LogP contribution in [0.25, 0.3) is 10.9 Å². The van der Waals surface area contributed by atoms with Gasteiger partial charge in [-0.25, -0.2) is 13.1 Å². The molecular weight excluding hydrogens is 428 g/mol. The van der Waals surface area contributed by atoms with Crippen LogP contribution < -0.4 is 9.46 Å². The lowest BCUT2D eigenvalue weighted by Gasteiger charge is -2.29. The number of aromatic nitrogens is 1. The number of carbonyl (C=O) groups excluding carboxylic acids is 1. The summed E-state index contributed by atoms with van der Waals surface area (Å²) in [6.07, 6.45) is 0.338. The van der Waals surface area contributed by atoms with Crippen LogP contribution >= 0.6 is 0 Å². The minimum Gasteiger partial charge on any atom is -0.496 e. The fourth-order valence-electron chi connectivity index (χ4n) is 4.22. The molecule has 1 aliphatic heterocycles. The number of ether oxygens (including phenoxy) is 2. The van der Waals surface area contributed by atoms with Crippen LogP contribution in [0.4, 0.5) is 0 Å². The highest BCUT2D eigenvalue weighted by Gasteiger charge is 2.50. The minimum absolute atomic E-state index is 0.00625. The van der Waals surface area contributed by atoms with Crippen LogP contribution in [0.2, 0.25) is 0 Å². The average molecular weight is 455 g/mol. The van der Waals surface area contributed by atoms with Gasteiger partial charge in [-0.3, -0.25) is 9.78 Å². The molecule has 0 saturated carbocycles. The predicted molar refractivity (Wildman–Crippen MR) is 121 cm³/mol. The second-order valence-electron chi connectivity index (χ2n) is 8.36. The number of methoxy groups -OCH3 is 1. The number of hydrogen-bond acceptors (Lipinski definition) is 6. The van der Waals surface area contributed by atoms with Crippen LogP contribution in [0.15, 0.2) is 53.4 Å². The van der Waals surface area contributed by atoms with E-state index in [1.165, 1.54) is 13.2 Å². The third kappa shape index (κ3) is 3.84. The molecule has 0 spiro atoms. The number of rotatable bonds is 5. The summed E-state index contributed by atoms with van der Waals surface area (Å²) in [5.74, 6) is -0.191. The van der Waals surface area contributed by atoms with E-state index in [4.69, 9.17) is 9.47 Å². The normalized spacial score (nSPS) is 20.9. The van der Waals surface area contributed by atoms with Crippen molar-refractivity contribution < 1.29 is 22.7 Å². The first-order chi connectivity index (χ1) is 15.2. The highest BCUT2D eigenvalue weighted by atomic mass is 32.2. The van der Waals surface area contributed by atoms with E-state index in [1.807, 2.05) is 32.9 Å². The lowest BCUT2D eigenvalue weighted by atomic mass is 9.86. The largest absolute Gasteiger partial charge is 0.496 e. The van der Waals surface area contributed by atoms with Gasteiger partial charge in [-0.1, -0.05) is 24.6 Å². The molecule has 0 bridgehead atoms. The van der Waals surface area contributed by atoms with Crippen molar-refractivity contribution in [1.82, 2.24) is 9.71 Å². The Morgan fingerprint density at radius 1 is 1.19 bits per heavy atom. The topological polar surface area (TPSA) is 94.6 Å². The zero-order valence-corrected chi connectivity index (χ0v) is 19.3. The lowest BCUT2D eigenvalue weighted by Crippen LogP contribution is -2.46. The quantitative estimate of drug-likeness (QED) is 0.633. The number of pyridine rings is 1. The van der Waals surface area contributed by atoms with Gasteiger partial charge in [0.25, 0.3) is 15.9 Å². The molecule has 32 heavy (non-hydrogen) atoms. The van der Waals surface area contributed by atoms with Crippen LogP contribution in [-0.2, 0) is 25.2 Å². The van der Waals surface area contributed by atoms with Crippen LogP contribution in [0.1, 0.15) is 30.2 Å². The van der Waals surface area contributed by atoms with Gasteiger partial charge in [0, 0.05) is 16.6 Å². The minimum atomic E-state index is -4.19. The summed E-state index contributed by atoms with van der Waals surface area (Å²) in [6, 6.07) is 13.7. The van der Waals surface area contributed by atoms with Gasteiger partial charge in [-0.2, -0.15) is 0 Å². The van der Waals surface area contributed by atoms with Gasteiger partial charge >= 0.3 is 0 Å². The Morgan fingerprint density at radius 2 is 1.97 bits per heavy atom. The van der Waals surface area contributed by atoms with Crippen LogP contribution in [0.3, 0.4) is 0 Å². The van der Waals surface area contributed by atoms with E-state index in [2.05, 4.69) is 9.71 Å². The Morgan fingerprint density at radius 3 is 2.66 bits per heavy atom. The van der Waals surface area contributed by atoms with E-state index in [-0.39, 0.29) is 10.8 Å². The van der Waals surface area contributed by atoms with Crippen LogP contribution in [0, 0.1) is 19.8 Å². The molecule has 1 saturated heterocycles. The number of carbonyl (C=O) groups is 1. The number of hydrogen-bond donors (Lipinski definition) is 1. The van der Waals surface area contributed by atoms with Gasteiger partial charge in [0.15, 0.2) is 5.60 Å². The van der Waals surface area contributed by atoms with Crippen molar-refractivity contribution in [2.75, 3.05) is 13.7 Å². The molecule has 0 radical (unpaired) electrons. The van der Waals surface area contributed by atoms with Crippen molar-refractivity contribution in [2.24, 2.45) is 5.92 Å². The molecule has 1 aromatic heterocycles. The van der Waals surface area contributed by atoms with Crippen LogP contribution in [0.5, 0.6) is 5.75 Å². The summed E-state index contributed by atoms with van der Waals surface area (Å²) < 4.78 is 40.4. The van der Waals surface area contributed by atoms with Crippen molar-refractivity contribution >= 4 is 26.8 Å². The summed E-state index contributed by atoms with van der Waals surface area (Å²) in [4.78, 5) is 18.0. The van der Waals surface area contributed by atoms with E-state index in [1.54, 1.807) is 30.3 Å². The van der Waals surface area contributed by atoms with E-state index in [9.17, 15) is 13.2 Å². The summed E-state index contributed by atoms with van der Waals surface area (Å²) in [5.41, 5.74) is 1.28. The van der Waals surface area contributed by atoms with Crippen molar-refractivity contribution in [3.8, 4) is 5.75 Å². The molecule has 1 aliphatic rings. The molecule has 0 aliphatic carbocycles. The Kier molecular flexibility index (Phi) is 5.68. The van der Waals surface area contributed by atoms with E-state index in [0.29, 0.717) is 35.2 Å². The molecule has 1 fully saturated rings. The maximum Gasteiger partial charge on any atom is 0.270 e. The molecular formula is C24H26N2O5S. The van der Waals surface area contributed by atoms with E-state index < -0.39 is 21.5 Å². The zero-order valence-electron chi connectivity index (χ0n) is 18.5. The first-order valence-corrected chi connectivity index (χ1v) is 11.9. The third-order valence-corrected chi connectivity index (χ3v) is 7.14. The Hall–Kier alpha value is -2.97. The third-order valence-electron chi connectivity index (χ3n) is 5.75. The van der Waals surface area contributed by atoms with Crippen molar-refractivity contribution in [2.45, 2.75) is 37.7 Å². The fraction of sp³-hybridized carbons (Fsp3) is 0.333. The van der Waals surface area contributed by atoms with Crippen molar-refractivity contribution in [3.05, 3.63) is 65.4 Å². The van der Waals surface area contributed by atoms with Crippen LogP contribution in [-0.4, -0.2) is 33.0 Å². The molecule has 2 atom stereocenters. The number of benzene rings is 2. The van der Waals surface area contributed by atoms with Gasteiger partial charge in [0.2, 0.25) is 0 Å². The Bertz CT molecular complexity index is 1300. The molecule has 0 unspecified atom stereocenters. The van der Waals surface area contributed by atoms with Crippen molar-refractivity contribution in [1.29, 1.82) is 0 Å². The molecule has 3 aromatic rings. The maximum absolute atomic E-state index is 13.6. The van der Waals surface area contributed by atoms with Gasteiger partial charge < -0.3 is 9.47 Å². The Labute approximate surface area is 187 Å². The molecule has 1 N–H and O–H groups in total. The van der Waals surface area contributed by atoms with Gasteiger partial charge in [0.1, 0.15) is 5.75 Å². The molecule has 2 heterocycles. The summed E-state index contributed by atoms with van der Waals surface area (Å²) in [7, 11) is -2.68. The number of amides is 1.